The Balaban J connectivity index is 1.54. The minimum atomic E-state index is -0.203. The number of rotatable bonds is 10. The van der Waals surface area contributed by atoms with Crippen LogP contribution in [-0.4, -0.2) is 36.9 Å². The maximum absolute atomic E-state index is 12.8. The van der Waals surface area contributed by atoms with Crippen molar-refractivity contribution in [2.75, 3.05) is 30.8 Å². The lowest BCUT2D eigenvalue weighted by Gasteiger charge is -2.18. The van der Waals surface area contributed by atoms with E-state index in [9.17, 15) is 9.59 Å². The predicted molar refractivity (Wildman–Crippen MR) is 133 cm³/mol. The Bertz CT molecular complexity index is 1070. The molecule has 0 bridgehead atoms. The highest BCUT2D eigenvalue weighted by Gasteiger charge is 2.13. The SMILES string of the molecule is CC(C)COc1cccc(NCC(=O)Nc2cccc(C(=O)N(C)Cc3ccccc3)c2)c1. The van der Waals surface area contributed by atoms with Gasteiger partial charge in [-0.25, -0.2) is 0 Å². The van der Waals surface area contributed by atoms with E-state index in [0.29, 0.717) is 30.3 Å². The van der Waals surface area contributed by atoms with Crippen molar-refractivity contribution in [3.8, 4) is 5.75 Å². The highest BCUT2D eigenvalue weighted by molar-refractivity contribution is 5.98. The van der Waals surface area contributed by atoms with Crippen molar-refractivity contribution in [2.24, 2.45) is 5.92 Å². The van der Waals surface area contributed by atoms with Gasteiger partial charge in [0.15, 0.2) is 0 Å². The van der Waals surface area contributed by atoms with Crippen molar-refractivity contribution in [1.29, 1.82) is 0 Å². The van der Waals surface area contributed by atoms with Crippen molar-refractivity contribution in [2.45, 2.75) is 20.4 Å². The molecule has 2 N–H and O–H groups in total. The number of hydrogen-bond acceptors (Lipinski definition) is 4. The Labute approximate surface area is 195 Å². The molecule has 6 nitrogen and oxygen atoms in total. The number of hydrogen-bond donors (Lipinski definition) is 2. The molecule has 0 aliphatic carbocycles. The summed E-state index contributed by atoms with van der Waals surface area (Å²) in [6, 6.07) is 24.3. The molecule has 0 aliphatic rings. The Hall–Kier alpha value is -3.80. The molecule has 0 aliphatic heterocycles. The molecular formula is C27H31N3O3. The number of anilines is 2. The summed E-state index contributed by atoms with van der Waals surface area (Å²) in [5, 5.41) is 5.96. The van der Waals surface area contributed by atoms with Crippen LogP contribution in [0.3, 0.4) is 0 Å². The molecule has 0 atom stereocenters. The molecule has 3 aromatic rings. The normalized spacial score (nSPS) is 10.5. The van der Waals surface area contributed by atoms with E-state index < -0.39 is 0 Å². The van der Waals surface area contributed by atoms with Gasteiger partial charge in [-0.05, 0) is 41.8 Å². The monoisotopic (exact) mass is 445 g/mol. The Morgan fingerprint density at radius 3 is 2.39 bits per heavy atom. The third kappa shape index (κ3) is 7.68. The van der Waals surface area contributed by atoms with Crippen LogP contribution in [0, 0.1) is 5.92 Å². The summed E-state index contributed by atoms with van der Waals surface area (Å²) in [6.45, 7) is 5.44. The molecule has 33 heavy (non-hydrogen) atoms. The van der Waals surface area contributed by atoms with Gasteiger partial charge in [0.25, 0.3) is 5.91 Å². The van der Waals surface area contributed by atoms with Crippen LogP contribution in [0.25, 0.3) is 0 Å². The minimum absolute atomic E-state index is 0.0969. The second-order valence-electron chi connectivity index (χ2n) is 8.36. The highest BCUT2D eigenvalue weighted by Crippen LogP contribution is 2.18. The second kappa shape index (κ2) is 11.7. The van der Waals surface area contributed by atoms with Gasteiger partial charge in [0.2, 0.25) is 5.91 Å². The first-order valence-corrected chi connectivity index (χ1v) is 11.1. The standard InChI is InChI=1S/C27H31N3O3/c1-20(2)19-33-25-14-8-12-23(16-25)28-17-26(31)29-24-13-7-11-22(15-24)27(32)30(3)18-21-9-5-4-6-10-21/h4-16,20,28H,17-19H2,1-3H3,(H,29,31). The number of nitrogens with zero attached hydrogens (tertiary/aromatic N) is 1. The van der Waals surface area contributed by atoms with Crippen molar-refractivity contribution >= 4 is 23.2 Å². The van der Waals surface area contributed by atoms with Crippen LogP contribution >= 0.6 is 0 Å². The van der Waals surface area contributed by atoms with E-state index in [2.05, 4.69) is 24.5 Å². The summed E-state index contributed by atoms with van der Waals surface area (Å²) in [7, 11) is 1.77. The summed E-state index contributed by atoms with van der Waals surface area (Å²) in [5.74, 6) is 0.894. The fourth-order valence-corrected chi connectivity index (χ4v) is 3.23. The zero-order chi connectivity index (χ0) is 23.6. The Morgan fingerprint density at radius 2 is 1.64 bits per heavy atom. The van der Waals surface area contributed by atoms with Gasteiger partial charge < -0.3 is 20.3 Å². The Morgan fingerprint density at radius 1 is 0.909 bits per heavy atom. The molecule has 3 aromatic carbocycles. The third-order valence-corrected chi connectivity index (χ3v) is 4.87. The van der Waals surface area contributed by atoms with Crippen LogP contribution in [0.15, 0.2) is 78.9 Å². The molecule has 0 unspecified atom stereocenters. The average Bonchev–Trinajstić information content (AvgIpc) is 2.82. The third-order valence-electron chi connectivity index (χ3n) is 4.87. The van der Waals surface area contributed by atoms with E-state index in [1.54, 1.807) is 36.2 Å². The number of amides is 2. The number of ether oxygens (including phenoxy) is 1. The van der Waals surface area contributed by atoms with E-state index in [1.807, 2.05) is 54.6 Å². The molecule has 0 heterocycles. The topological polar surface area (TPSA) is 70.7 Å². The first-order chi connectivity index (χ1) is 15.9. The fourth-order valence-electron chi connectivity index (χ4n) is 3.23. The summed E-state index contributed by atoms with van der Waals surface area (Å²) in [5.41, 5.74) is 2.96. The van der Waals surface area contributed by atoms with Gasteiger partial charge in [0, 0.05) is 36.6 Å². The molecule has 0 spiro atoms. The molecule has 0 saturated carbocycles. The first kappa shape index (κ1) is 23.9. The summed E-state index contributed by atoms with van der Waals surface area (Å²) >= 11 is 0. The number of carbonyl (C=O) groups is 2. The molecular weight excluding hydrogens is 414 g/mol. The van der Waals surface area contributed by atoms with Crippen molar-refractivity contribution < 1.29 is 14.3 Å². The average molecular weight is 446 g/mol. The number of nitrogens with one attached hydrogen (secondary N) is 2. The minimum Gasteiger partial charge on any atom is -0.493 e. The lowest BCUT2D eigenvalue weighted by atomic mass is 10.1. The zero-order valence-corrected chi connectivity index (χ0v) is 19.4. The molecule has 0 saturated heterocycles. The van der Waals surface area contributed by atoms with Gasteiger partial charge in [0.1, 0.15) is 5.75 Å². The lowest BCUT2D eigenvalue weighted by molar-refractivity contribution is -0.114. The van der Waals surface area contributed by atoms with Crippen molar-refractivity contribution in [3.05, 3.63) is 90.0 Å². The molecule has 0 aromatic heterocycles. The van der Waals surface area contributed by atoms with Gasteiger partial charge in [-0.3, -0.25) is 9.59 Å². The zero-order valence-electron chi connectivity index (χ0n) is 19.4. The molecule has 2 amide bonds. The van der Waals surface area contributed by atoms with Gasteiger partial charge in [-0.1, -0.05) is 56.3 Å². The fraction of sp³-hybridized carbons (Fsp3) is 0.259. The maximum Gasteiger partial charge on any atom is 0.253 e. The highest BCUT2D eigenvalue weighted by atomic mass is 16.5. The maximum atomic E-state index is 12.8. The Kier molecular flexibility index (Phi) is 8.47. The van der Waals surface area contributed by atoms with Gasteiger partial charge in [-0.2, -0.15) is 0 Å². The van der Waals surface area contributed by atoms with Crippen LogP contribution in [0.5, 0.6) is 5.75 Å². The van der Waals surface area contributed by atoms with Crippen LogP contribution in [0.4, 0.5) is 11.4 Å². The number of benzene rings is 3. The summed E-state index contributed by atoms with van der Waals surface area (Å²) in [4.78, 5) is 26.9. The molecule has 172 valence electrons. The smallest absolute Gasteiger partial charge is 0.253 e. The first-order valence-electron chi connectivity index (χ1n) is 11.1. The molecule has 3 rings (SSSR count). The van der Waals surface area contributed by atoms with E-state index >= 15 is 0 Å². The van der Waals surface area contributed by atoms with Gasteiger partial charge in [0.05, 0.1) is 13.2 Å². The molecule has 6 heteroatoms. The van der Waals surface area contributed by atoms with Gasteiger partial charge in [-0.15, -0.1) is 0 Å². The quantitative estimate of drug-likeness (QED) is 0.458. The van der Waals surface area contributed by atoms with E-state index in [-0.39, 0.29) is 18.4 Å². The van der Waals surface area contributed by atoms with Crippen LogP contribution < -0.4 is 15.4 Å². The largest absolute Gasteiger partial charge is 0.493 e. The van der Waals surface area contributed by atoms with E-state index in [4.69, 9.17) is 4.74 Å². The van der Waals surface area contributed by atoms with Crippen LogP contribution in [0.1, 0.15) is 29.8 Å². The van der Waals surface area contributed by atoms with Crippen LogP contribution in [0.2, 0.25) is 0 Å². The summed E-state index contributed by atoms with van der Waals surface area (Å²) < 4.78 is 5.73. The van der Waals surface area contributed by atoms with Gasteiger partial charge >= 0.3 is 0 Å². The van der Waals surface area contributed by atoms with Crippen LogP contribution in [-0.2, 0) is 11.3 Å². The predicted octanol–water partition coefficient (Wildman–Crippen LogP) is 5.04. The van der Waals surface area contributed by atoms with E-state index in [0.717, 1.165) is 17.0 Å². The molecule has 0 radical (unpaired) electrons. The van der Waals surface area contributed by atoms with Crippen molar-refractivity contribution in [3.63, 3.8) is 0 Å². The second-order valence-corrected chi connectivity index (χ2v) is 8.36. The number of carbonyl (C=O) groups excluding carboxylic acids is 2. The van der Waals surface area contributed by atoms with Crippen molar-refractivity contribution in [1.82, 2.24) is 4.90 Å². The summed E-state index contributed by atoms with van der Waals surface area (Å²) in [6.07, 6.45) is 0. The lowest BCUT2D eigenvalue weighted by Crippen LogP contribution is -2.26. The molecule has 0 fully saturated rings. The van der Waals surface area contributed by atoms with E-state index in [1.165, 1.54) is 0 Å².